The number of carbonyl (C=O) groups is 1. The zero-order valence-electron chi connectivity index (χ0n) is 25.4. The summed E-state index contributed by atoms with van der Waals surface area (Å²) in [6.07, 6.45) is 11.3. The molecule has 0 radical (unpaired) electrons. The summed E-state index contributed by atoms with van der Waals surface area (Å²) < 4.78 is 0. The van der Waals surface area contributed by atoms with E-state index in [2.05, 4.69) is 92.8 Å². The first-order chi connectivity index (χ1) is 15.8. The van der Waals surface area contributed by atoms with Gasteiger partial charge < -0.3 is 0 Å². The lowest BCUT2D eigenvalue weighted by Gasteiger charge is -2.23. The number of rotatable bonds is 19. The van der Waals surface area contributed by atoms with Crippen molar-refractivity contribution in [1.82, 2.24) is 0 Å². The van der Waals surface area contributed by atoms with Crippen molar-refractivity contribution >= 4 is 29.3 Å². The summed E-state index contributed by atoms with van der Waals surface area (Å²) in [7, 11) is 0. The van der Waals surface area contributed by atoms with Gasteiger partial charge in [-0.15, -0.1) is 0 Å². The molecular weight excluding hydrogens is 452 g/mol. The predicted molar refractivity (Wildman–Crippen MR) is 164 cm³/mol. The lowest BCUT2D eigenvalue weighted by molar-refractivity contribution is -0.122. The van der Waals surface area contributed by atoms with Gasteiger partial charge in [0.05, 0.1) is 0 Å². The average Bonchev–Trinajstić information content (AvgIpc) is 2.69. The van der Waals surface area contributed by atoms with Gasteiger partial charge >= 0.3 is 0 Å². The first kappa shape index (κ1) is 36.5. The monoisotopic (exact) mass is 516 g/mol. The van der Waals surface area contributed by atoms with Crippen LogP contribution in [-0.2, 0) is 4.79 Å². The Balaban J connectivity index is 0. The van der Waals surface area contributed by atoms with Crippen molar-refractivity contribution in [2.24, 2.45) is 29.6 Å². The molecule has 0 aliphatic heterocycles. The van der Waals surface area contributed by atoms with Crippen LogP contribution >= 0.6 is 23.5 Å². The van der Waals surface area contributed by atoms with E-state index in [1.165, 1.54) is 50.7 Å². The molecule has 0 spiro atoms. The van der Waals surface area contributed by atoms with Crippen molar-refractivity contribution in [3.05, 3.63) is 0 Å². The van der Waals surface area contributed by atoms with E-state index in [-0.39, 0.29) is 5.92 Å². The van der Waals surface area contributed by atoms with Crippen LogP contribution in [0.5, 0.6) is 0 Å². The SMILES string of the molecule is CC(C)CCCC(CC(C)C)C(C)C.CC(C)SCCC(CCCCC(=O)C(C)C)SC(C)C. The third kappa shape index (κ3) is 25.5. The van der Waals surface area contributed by atoms with Gasteiger partial charge in [-0.2, -0.15) is 23.5 Å². The van der Waals surface area contributed by atoms with Gasteiger partial charge in [0.1, 0.15) is 5.78 Å². The number of unbranched alkanes of at least 4 members (excludes halogenated alkanes) is 1. The maximum atomic E-state index is 11.6. The van der Waals surface area contributed by atoms with E-state index in [1.807, 2.05) is 13.8 Å². The van der Waals surface area contributed by atoms with Gasteiger partial charge in [0.15, 0.2) is 0 Å². The van der Waals surface area contributed by atoms with E-state index < -0.39 is 0 Å². The van der Waals surface area contributed by atoms with Gasteiger partial charge in [-0.25, -0.2) is 0 Å². The van der Waals surface area contributed by atoms with E-state index in [1.54, 1.807) is 0 Å². The molecule has 0 aromatic heterocycles. The Labute approximate surface area is 225 Å². The highest BCUT2D eigenvalue weighted by Gasteiger charge is 2.15. The van der Waals surface area contributed by atoms with Crippen molar-refractivity contribution in [2.75, 3.05) is 5.75 Å². The topological polar surface area (TPSA) is 17.1 Å². The molecule has 0 aromatic rings. The molecule has 2 unspecified atom stereocenters. The molecule has 0 aliphatic carbocycles. The standard InChI is InChI=1S/C17H34OS2.C14H30/c1-13(2)17(18)10-8-7-9-16(20-15(5)6)11-12-19-14(3)4;1-11(2)8-7-9-14(13(5)6)10-12(3)4/h13-16H,7-12H2,1-6H3;11-14H,7-10H2,1-6H3. The summed E-state index contributed by atoms with van der Waals surface area (Å²) in [4.78, 5) is 11.6. The summed E-state index contributed by atoms with van der Waals surface area (Å²) in [6, 6.07) is 0. The minimum absolute atomic E-state index is 0.207. The number of hydrogen-bond acceptors (Lipinski definition) is 3. The minimum Gasteiger partial charge on any atom is -0.299 e. The number of carbonyl (C=O) groups excluding carboxylic acids is 1. The first-order valence-corrected chi connectivity index (χ1v) is 16.5. The molecule has 0 N–H and O–H groups in total. The summed E-state index contributed by atoms with van der Waals surface area (Å²) in [5, 5.41) is 2.22. The van der Waals surface area contributed by atoms with Gasteiger partial charge in [0, 0.05) is 17.6 Å². The fourth-order valence-corrected chi connectivity index (χ4v) is 6.55. The minimum atomic E-state index is 0.207. The zero-order chi connectivity index (χ0) is 26.7. The van der Waals surface area contributed by atoms with Crippen LogP contribution in [0.15, 0.2) is 0 Å². The first-order valence-electron chi connectivity index (χ1n) is 14.6. The highest BCUT2D eigenvalue weighted by Crippen LogP contribution is 2.28. The van der Waals surface area contributed by atoms with Crippen LogP contribution in [0, 0.1) is 29.6 Å². The van der Waals surface area contributed by atoms with Crippen molar-refractivity contribution in [3.63, 3.8) is 0 Å². The molecule has 0 saturated heterocycles. The molecule has 0 amide bonds. The number of ketones is 1. The van der Waals surface area contributed by atoms with Crippen LogP contribution < -0.4 is 0 Å². The van der Waals surface area contributed by atoms with Gasteiger partial charge in [-0.1, -0.05) is 109 Å². The number of thioether (sulfide) groups is 2. The fourth-order valence-electron chi connectivity index (χ4n) is 4.18. The average molecular weight is 517 g/mol. The third-order valence-electron chi connectivity index (χ3n) is 6.27. The second-order valence-electron chi connectivity index (χ2n) is 12.3. The normalized spacial score (nSPS) is 13.8. The third-order valence-corrected chi connectivity index (χ3v) is 8.81. The molecule has 0 saturated carbocycles. The van der Waals surface area contributed by atoms with Gasteiger partial charge in [0.2, 0.25) is 0 Å². The zero-order valence-corrected chi connectivity index (χ0v) is 27.0. The Bertz CT molecular complexity index is 454. The lowest BCUT2D eigenvalue weighted by atomic mass is 9.83. The molecule has 0 heterocycles. The molecular formula is C31H64OS2. The van der Waals surface area contributed by atoms with Crippen LogP contribution in [0.2, 0.25) is 0 Å². The van der Waals surface area contributed by atoms with E-state index in [4.69, 9.17) is 0 Å². The maximum Gasteiger partial charge on any atom is 0.135 e. The van der Waals surface area contributed by atoms with Gasteiger partial charge in [0.25, 0.3) is 0 Å². The lowest BCUT2D eigenvalue weighted by Crippen LogP contribution is -2.12. The number of hydrogen-bond donors (Lipinski definition) is 0. The fraction of sp³-hybridized carbons (Fsp3) is 0.968. The number of Topliss-reactive ketones (excluding diaryl/α,β-unsaturated/α-hetero) is 1. The largest absolute Gasteiger partial charge is 0.299 e. The van der Waals surface area contributed by atoms with Crippen molar-refractivity contribution in [1.29, 1.82) is 0 Å². The van der Waals surface area contributed by atoms with Crippen molar-refractivity contribution in [3.8, 4) is 0 Å². The van der Waals surface area contributed by atoms with Crippen LogP contribution in [0.1, 0.15) is 141 Å². The molecule has 2 atom stereocenters. The van der Waals surface area contributed by atoms with E-state index in [9.17, 15) is 4.79 Å². The van der Waals surface area contributed by atoms with E-state index >= 15 is 0 Å². The highest BCUT2D eigenvalue weighted by molar-refractivity contribution is 8.01. The second kappa shape index (κ2) is 22.6. The molecule has 0 rings (SSSR count). The van der Waals surface area contributed by atoms with Crippen molar-refractivity contribution in [2.45, 2.75) is 157 Å². The molecule has 0 bridgehead atoms. The maximum absolute atomic E-state index is 11.6. The van der Waals surface area contributed by atoms with E-state index in [0.717, 1.165) is 47.0 Å². The molecule has 206 valence electrons. The second-order valence-corrected chi connectivity index (χ2v) is 15.9. The Morgan fingerprint density at radius 2 is 1.26 bits per heavy atom. The Morgan fingerprint density at radius 3 is 1.71 bits per heavy atom. The predicted octanol–water partition coefficient (Wildman–Crippen LogP) is 10.9. The van der Waals surface area contributed by atoms with Crippen molar-refractivity contribution < 1.29 is 4.79 Å². The summed E-state index contributed by atoms with van der Waals surface area (Å²) in [5.74, 6) is 5.46. The molecule has 3 heteroatoms. The van der Waals surface area contributed by atoms with Crippen LogP contribution in [0.25, 0.3) is 0 Å². The quantitative estimate of drug-likeness (QED) is 0.159. The van der Waals surface area contributed by atoms with Crippen LogP contribution in [0.3, 0.4) is 0 Å². The summed E-state index contributed by atoms with van der Waals surface area (Å²) in [6.45, 7) is 27.2. The Kier molecular flexibility index (Phi) is 24.2. The van der Waals surface area contributed by atoms with Gasteiger partial charge in [-0.3, -0.25) is 4.79 Å². The Hall–Kier alpha value is 0.370. The van der Waals surface area contributed by atoms with Gasteiger partial charge in [-0.05, 0) is 65.6 Å². The molecule has 0 fully saturated rings. The highest BCUT2D eigenvalue weighted by atomic mass is 32.2. The Morgan fingerprint density at radius 1 is 0.647 bits per heavy atom. The summed E-state index contributed by atoms with van der Waals surface area (Å²) in [5.41, 5.74) is 0. The molecule has 0 aromatic carbocycles. The smallest absolute Gasteiger partial charge is 0.135 e. The molecule has 34 heavy (non-hydrogen) atoms. The van der Waals surface area contributed by atoms with E-state index in [0.29, 0.717) is 11.0 Å². The van der Waals surface area contributed by atoms with Crippen LogP contribution in [-0.4, -0.2) is 27.3 Å². The van der Waals surface area contributed by atoms with Crippen LogP contribution in [0.4, 0.5) is 0 Å². The summed E-state index contributed by atoms with van der Waals surface area (Å²) >= 11 is 4.19. The molecule has 0 aliphatic rings. The molecule has 1 nitrogen and oxygen atoms in total.